The second kappa shape index (κ2) is 3.76. The van der Waals surface area contributed by atoms with Crippen LogP contribution in [0.25, 0.3) is 0 Å². The quantitative estimate of drug-likeness (QED) is 0.813. The normalized spacial score (nSPS) is 18.7. The van der Waals surface area contributed by atoms with E-state index in [1.165, 1.54) is 0 Å². The van der Waals surface area contributed by atoms with E-state index in [1.54, 1.807) is 4.68 Å². The predicted octanol–water partition coefficient (Wildman–Crippen LogP) is 0.303. The van der Waals surface area contributed by atoms with Crippen molar-refractivity contribution in [1.29, 1.82) is 0 Å². The van der Waals surface area contributed by atoms with Gasteiger partial charge in [0.05, 0.1) is 17.2 Å². The Morgan fingerprint density at radius 3 is 2.75 bits per heavy atom. The Morgan fingerprint density at radius 1 is 1.44 bits per heavy atom. The van der Waals surface area contributed by atoms with E-state index in [0.29, 0.717) is 30.1 Å². The van der Waals surface area contributed by atoms with Gasteiger partial charge in [-0.3, -0.25) is 14.6 Å². The number of nitrogens with one attached hydrogen (secondary N) is 1. The molecule has 6 heteroatoms. The molecule has 90 valence electrons. The van der Waals surface area contributed by atoms with Gasteiger partial charge in [0.2, 0.25) is 0 Å². The molecule has 0 fully saturated rings. The van der Waals surface area contributed by atoms with E-state index in [1.807, 2.05) is 13.8 Å². The molecule has 2 rings (SSSR count). The Morgan fingerprint density at radius 2 is 2.12 bits per heavy atom. The Hall–Kier alpha value is -1.04. The summed E-state index contributed by atoms with van der Waals surface area (Å²) in [6, 6.07) is 0. The standard InChI is InChI=1S/C10H16N2O3S/c1-7(2)5-12-9-6-16(14,15)4-3-8(9)10(13)11-12/h7H,3-6H2,1-2H3,(H,11,13). The first-order chi connectivity index (χ1) is 7.39. The molecule has 1 aromatic rings. The van der Waals surface area contributed by atoms with E-state index in [2.05, 4.69) is 5.10 Å². The molecular formula is C10H16N2O3S. The van der Waals surface area contributed by atoms with Crippen molar-refractivity contribution in [2.75, 3.05) is 5.75 Å². The summed E-state index contributed by atoms with van der Waals surface area (Å²) in [4.78, 5) is 11.6. The summed E-state index contributed by atoms with van der Waals surface area (Å²) in [5.74, 6) is 0.458. The first-order valence-corrected chi connectivity index (χ1v) is 7.22. The number of hydrogen-bond donors (Lipinski definition) is 1. The number of sulfone groups is 1. The van der Waals surface area contributed by atoms with E-state index < -0.39 is 9.84 Å². The lowest BCUT2D eigenvalue weighted by Gasteiger charge is -2.15. The number of rotatable bonds is 2. The molecule has 1 aliphatic heterocycles. The van der Waals surface area contributed by atoms with Crippen LogP contribution in [0.2, 0.25) is 0 Å². The summed E-state index contributed by atoms with van der Waals surface area (Å²) in [5, 5.41) is 2.72. The lowest BCUT2D eigenvalue weighted by atomic mass is 10.2. The lowest BCUT2D eigenvalue weighted by molar-refractivity contribution is 0.469. The van der Waals surface area contributed by atoms with Gasteiger partial charge in [0.1, 0.15) is 0 Å². The second-order valence-electron chi connectivity index (χ2n) is 4.71. The number of nitrogens with zero attached hydrogens (tertiary/aromatic N) is 1. The molecule has 2 heterocycles. The van der Waals surface area contributed by atoms with Crippen LogP contribution in [0.3, 0.4) is 0 Å². The summed E-state index contributed by atoms with van der Waals surface area (Å²) in [7, 11) is -3.02. The van der Waals surface area contributed by atoms with Gasteiger partial charge >= 0.3 is 0 Å². The molecule has 0 spiro atoms. The zero-order valence-electron chi connectivity index (χ0n) is 9.49. The van der Waals surface area contributed by atoms with Gasteiger partial charge in [0.15, 0.2) is 9.84 Å². The smallest absolute Gasteiger partial charge is 0.267 e. The van der Waals surface area contributed by atoms with Gasteiger partial charge in [0.25, 0.3) is 5.56 Å². The molecule has 0 aromatic carbocycles. The summed E-state index contributed by atoms with van der Waals surface area (Å²) < 4.78 is 24.8. The molecule has 16 heavy (non-hydrogen) atoms. The van der Waals surface area contributed by atoms with Gasteiger partial charge in [-0.2, -0.15) is 0 Å². The minimum atomic E-state index is -3.02. The van der Waals surface area contributed by atoms with Gasteiger partial charge in [-0.1, -0.05) is 13.8 Å². The summed E-state index contributed by atoms with van der Waals surface area (Å²) in [6.07, 6.45) is 0.345. The van der Waals surface area contributed by atoms with Crippen molar-refractivity contribution in [1.82, 2.24) is 9.78 Å². The van der Waals surface area contributed by atoms with Crippen LogP contribution in [0.4, 0.5) is 0 Å². The fraction of sp³-hybridized carbons (Fsp3) is 0.700. The average molecular weight is 244 g/mol. The maximum atomic E-state index is 11.6. The summed E-state index contributed by atoms with van der Waals surface area (Å²) >= 11 is 0. The van der Waals surface area contributed by atoms with Crippen LogP contribution in [0.5, 0.6) is 0 Å². The van der Waals surface area contributed by atoms with Crippen molar-refractivity contribution in [3.05, 3.63) is 21.6 Å². The molecule has 0 saturated carbocycles. The van der Waals surface area contributed by atoms with Crippen LogP contribution in [0.15, 0.2) is 4.79 Å². The highest BCUT2D eigenvalue weighted by atomic mass is 32.2. The Labute approximate surface area is 94.4 Å². The zero-order valence-corrected chi connectivity index (χ0v) is 10.3. The van der Waals surface area contributed by atoms with E-state index in [-0.39, 0.29) is 17.1 Å². The van der Waals surface area contributed by atoms with Gasteiger partial charge in [-0.05, 0) is 12.3 Å². The molecule has 0 amide bonds. The number of H-pyrrole nitrogens is 1. The first-order valence-electron chi connectivity index (χ1n) is 5.40. The zero-order chi connectivity index (χ0) is 11.9. The molecule has 0 aliphatic carbocycles. The van der Waals surface area contributed by atoms with Crippen LogP contribution in [-0.2, 0) is 28.6 Å². The van der Waals surface area contributed by atoms with Crippen LogP contribution in [0, 0.1) is 5.92 Å². The third-order valence-corrected chi connectivity index (χ3v) is 4.29. The van der Waals surface area contributed by atoms with Gasteiger partial charge in [-0.15, -0.1) is 0 Å². The van der Waals surface area contributed by atoms with Gasteiger partial charge in [0, 0.05) is 12.1 Å². The van der Waals surface area contributed by atoms with Crippen LogP contribution in [-0.4, -0.2) is 24.0 Å². The van der Waals surface area contributed by atoms with E-state index in [0.717, 1.165) is 0 Å². The van der Waals surface area contributed by atoms with Crippen LogP contribution < -0.4 is 5.56 Å². The lowest BCUT2D eigenvalue weighted by Crippen LogP contribution is -2.23. The third kappa shape index (κ3) is 2.07. The van der Waals surface area contributed by atoms with Crippen molar-refractivity contribution < 1.29 is 8.42 Å². The van der Waals surface area contributed by atoms with Crippen molar-refractivity contribution in [2.45, 2.75) is 32.6 Å². The van der Waals surface area contributed by atoms with Crippen molar-refractivity contribution in [2.24, 2.45) is 5.92 Å². The fourth-order valence-electron chi connectivity index (χ4n) is 2.03. The maximum Gasteiger partial charge on any atom is 0.267 e. The molecule has 0 saturated heterocycles. The number of fused-ring (bicyclic) bond motifs is 1. The molecular weight excluding hydrogens is 228 g/mol. The highest BCUT2D eigenvalue weighted by Gasteiger charge is 2.27. The molecule has 1 aliphatic rings. The molecule has 5 nitrogen and oxygen atoms in total. The summed E-state index contributed by atoms with van der Waals surface area (Å²) in [6.45, 7) is 4.71. The van der Waals surface area contributed by atoms with Crippen LogP contribution >= 0.6 is 0 Å². The van der Waals surface area contributed by atoms with Crippen LogP contribution in [0.1, 0.15) is 25.1 Å². The summed E-state index contributed by atoms with van der Waals surface area (Å²) in [5.41, 5.74) is 1.17. The second-order valence-corrected chi connectivity index (χ2v) is 6.90. The molecule has 0 unspecified atom stereocenters. The van der Waals surface area contributed by atoms with E-state index in [9.17, 15) is 13.2 Å². The third-order valence-electron chi connectivity index (χ3n) is 2.75. The highest BCUT2D eigenvalue weighted by Crippen LogP contribution is 2.18. The highest BCUT2D eigenvalue weighted by molar-refractivity contribution is 7.90. The topological polar surface area (TPSA) is 71.9 Å². The fourth-order valence-corrected chi connectivity index (χ4v) is 3.44. The number of aromatic amines is 1. The largest absolute Gasteiger partial charge is 0.288 e. The molecule has 0 radical (unpaired) electrons. The molecule has 0 atom stereocenters. The van der Waals surface area contributed by atoms with Gasteiger partial charge < -0.3 is 0 Å². The Kier molecular flexibility index (Phi) is 2.69. The SMILES string of the molecule is CC(C)Cn1[nH]c(=O)c2c1CS(=O)(=O)CC2. The van der Waals surface area contributed by atoms with Crippen molar-refractivity contribution >= 4 is 9.84 Å². The molecule has 0 bridgehead atoms. The Balaban J connectivity index is 2.47. The monoisotopic (exact) mass is 244 g/mol. The maximum absolute atomic E-state index is 11.6. The Bertz CT molecular complexity index is 551. The predicted molar refractivity (Wildman–Crippen MR) is 61.1 cm³/mol. The first kappa shape index (κ1) is 11.4. The van der Waals surface area contributed by atoms with Crippen molar-refractivity contribution in [3.8, 4) is 0 Å². The van der Waals surface area contributed by atoms with E-state index in [4.69, 9.17) is 0 Å². The van der Waals surface area contributed by atoms with E-state index >= 15 is 0 Å². The van der Waals surface area contributed by atoms with Gasteiger partial charge in [-0.25, -0.2) is 8.42 Å². The number of hydrogen-bond acceptors (Lipinski definition) is 3. The minimum Gasteiger partial charge on any atom is -0.288 e. The number of aromatic nitrogens is 2. The average Bonchev–Trinajstić information content (AvgIpc) is 2.40. The molecule has 1 aromatic heterocycles. The van der Waals surface area contributed by atoms with Crippen molar-refractivity contribution in [3.63, 3.8) is 0 Å². The molecule has 1 N–H and O–H groups in total. The minimum absolute atomic E-state index is 0.00616.